The lowest BCUT2D eigenvalue weighted by Crippen LogP contribution is -2.52. The number of alkyl halides is 6. The third-order valence-electron chi connectivity index (χ3n) is 3.09. The Bertz CT molecular complexity index is 310. The second-order valence-electron chi connectivity index (χ2n) is 5.37. The maximum absolute atomic E-state index is 13.0. The van der Waals surface area contributed by atoms with Crippen LogP contribution < -0.4 is 0 Å². The van der Waals surface area contributed by atoms with Gasteiger partial charge >= 0.3 is 18.3 Å². The zero-order valence-corrected chi connectivity index (χ0v) is 11.0. The van der Waals surface area contributed by atoms with Crippen molar-refractivity contribution in [3.63, 3.8) is 0 Å². The fourth-order valence-electron chi connectivity index (χ4n) is 1.25. The van der Waals surface area contributed by atoms with Gasteiger partial charge in [-0.15, -0.1) is 0 Å². The zero-order chi connectivity index (χ0) is 15.7. The van der Waals surface area contributed by atoms with Crippen molar-refractivity contribution in [2.75, 3.05) is 6.61 Å². The summed E-state index contributed by atoms with van der Waals surface area (Å²) in [6.07, 6.45) is -11.0. The van der Waals surface area contributed by atoms with E-state index in [-0.39, 0.29) is 0 Å². The average molecular weight is 294 g/mol. The van der Waals surface area contributed by atoms with Gasteiger partial charge in [-0.2, -0.15) is 26.3 Å². The number of carbonyl (C=O) groups is 1. The van der Waals surface area contributed by atoms with Crippen molar-refractivity contribution in [3.8, 4) is 0 Å². The highest BCUT2D eigenvalue weighted by Crippen LogP contribution is 2.51. The summed E-state index contributed by atoms with van der Waals surface area (Å²) in [4.78, 5) is 11.5. The molecule has 2 nitrogen and oxygen atoms in total. The molecule has 0 amide bonds. The number of carbonyl (C=O) groups excluding carboxylic acids is 1. The molecule has 0 aromatic heterocycles. The number of esters is 1. The van der Waals surface area contributed by atoms with Gasteiger partial charge < -0.3 is 4.74 Å². The first-order valence-corrected chi connectivity index (χ1v) is 5.43. The smallest absolute Gasteiger partial charge is 0.405 e. The minimum Gasteiger partial charge on any atom is -0.465 e. The van der Waals surface area contributed by atoms with E-state index in [1.807, 2.05) is 0 Å². The van der Waals surface area contributed by atoms with Crippen molar-refractivity contribution in [1.29, 1.82) is 0 Å². The minimum atomic E-state index is -4.92. The van der Waals surface area contributed by atoms with Crippen LogP contribution in [0.1, 0.15) is 34.1 Å². The second-order valence-corrected chi connectivity index (χ2v) is 5.37. The van der Waals surface area contributed by atoms with Crippen LogP contribution in [0.15, 0.2) is 0 Å². The van der Waals surface area contributed by atoms with Gasteiger partial charge in [-0.05, 0) is 12.3 Å². The standard InChI is InChI=1S/C11H16F6O2/c1-8(2,3)9(4,11(15,16)17)7(18)19-6-5-10(12,13)14/h5-6H2,1-4H3. The molecule has 114 valence electrons. The summed E-state index contributed by atoms with van der Waals surface area (Å²) >= 11 is 0. The number of halogens is 6. The van der Waals surface area contributed by atoms with Crippen LogP contribution in [0, 0.1) is 10.8 Å². The fraction of sp³-hybridized carbons (Fsp3) is 0.909. The van der Waals surface area contributed by atoms with Crippen LogP contribution in [0.5, 0.6) is 0 Å². The van der Waals surface area contributed by atoms with E-state index < -0.39 is 42.2 Å². The van der Waals surface area contributed by atoms with E-state index in [9.17, 15) is 31.1 Å². The molecule has 0 heterocycles. The molecule has 0 radical (unpaired) electrons. The molecule has 0 fully saturated rings. The zero-order valence-electron chi connectivity index (χ0n) is 11.0. The number of hydrogen-bond acceptors (Lipinski definition) is 2. The summed E-state index contributed by atoms with van der Waals surface area (Å²) < 4.78 is 78.7. The summed E-state index contributed by atoms with van der Waals surface area (Å²) in [5.41, 5.74) is -4.41. The van der Waals surface area contributed by atoms with Crippen molar-refractivity contribution in [3.05, 3.63) is 0 Å². The molecule has 0 aromatic rings. The van der Waals surface area contributed by atoms with Crippen molar-refractivity contribution in [2.24, 2.45) is 10.8 Å². The molecule has 0 aliphatic heterocycles. The molecule has 0 aliphatic carbocycles. The largest absolute Gasteiger partial charge is 0.465 e. The van der Waals surface area contributed by atoms with Crippen LogP contribution in [0.2, 0.25) is 0 Å². The summed E-state index contributed by atoms with van der Waals surface area (Å²) in [5, 5.41) is 0. The average Bonchev–Trinajstić information content (AvgIpc) is 2.10. The molecule has 0 N–H and O–H groups in total. The molecule has 19 heavy (non-hydrogen) atoms. The third kappa shape index (κ3) is 4.28. The lowest BCUT2D eigenvalue weighted by Gasteiger charge is -2.40. The summed E-state index contributed by atoms with van der Waals surface area (Å²) in [7, 11) is 0. The molecule has 0 aliphatic rings. The number of ether oxygens (including phenoxy) is 1. The van der Waals surface area contributed by atoms with Crippen LogP contribution in [-0.2, 0) is 9.53 Å². The van der Waals surface area contributed by atoms with Crippen molar-refractivity contribution < 1.29 is 35.9 Å². The van der Waals surface area contributed by atoms with Gasteiger partial charge in [0.25, 0.3) is 0 Å². The van der Waals surface area contributed by atoms with Gasteiger partial charge in [-0.1, -0.05) is 20.8 Å². The van der Waals surface area contributed by atoms with Gasteiger partial charge in [0.05, 0.1) is 13.0 Å². The van der Waals surface area contributed by atoms with Crippen LogP contribution in [-0.4, -0.2) is 24.9 Å². The second kappa shape index (κ2) is 5.20. The first-order chi connectivity index (χ1) is 8.13. The Morgan fingerprint density at radius 2 is 1.37 bits per heavy atom. The highest BCUT2D eigenvalue weighted by Gasteiger charge is 2.64. The Hall–Kier alpha value is -0.950. The molecule has 0 saturated carbocycles. The number of hydrogen-bond donors (Lipinski definition) is 0. The molecular formula is C11H16F6O2. The highest BCUT2D eigenvalue weighted by molar-refractivity contribution is 5.78. The van der Waals surface area contributed by atoms with E-state index in [4.69, 9.17) is 0 Å². The van der Waals surface area contributed by atoms with E-state index >= 15 is 0 Å². The normalized spacial score (nSPS) is 16.9. The Kier molecular flexibility index (Phi) is 4.94. The number of rotatable bonds is 3. The third-order valence-corrected chi connectivity index (χ3v) is 3.09. The molecule has 8 heteroatoms. The Morgan fingerprint density at radius 3 is 1.63 bits per heavy atom. The minimum absolute atomic E-state index is 0.628. The van der Waals surface area contributed by atoms with Gasteiger partial charge in [0, 0.05) is 0 Å². The lowest BCUT2D eigenvalue weighted by atomic mass is 9.67. The highest BCUT2D eigenvalue weighted by atomic mass is 19.4. The van der Waals surface area contributed by atoms with Crippen LogP contribution >= 0.6 is 0 Å². The SMILES string of the molecule is CC(C)(C)C(C)(C(=O)OCCC(F)(F)F)C(F)(F)F. The van der Waals surface area contributed by atoms with Gasteiger partial charge in [-0.25, -0.2) is 0 Å². The molecule has 0 bridgehead atoms. The topological polar surface area (TPSA) is 26.3 Å². The van der Waals surface area contributed by atoms with Gasteiger partial charge in [0.1, 0.15) is 0 Å². The molecular weight excluding hydrogens is 278 g/mol. The summed E-state index contributed by atoms with van der Waals surface area (Å²) in [5.74, 6) is -1.70. The Balaban J connectivity index is 4.98. The fourth-order valence-corrected chi connectivity index (χ4v) is 1.25. The van der Waals surface area contributed by atoms with E-state index in [1.165, 1.54) is 20.8 Å². The quantitative estimate of drug-likeness (QED) is 0.578. The van der Waals surface area contributed by atoms with Gasteiger partial charge in [-0.3, -0.25) is 4.79 Å². The maximum Gasteiger partial charge on any atom is 0.405 e. The van der Waals surface area contributed by atoms with E-state index in [2.05, 4.69) is 4.74 Å². The van der Waals surface area contributed by atoms with Gasteiger partial charge in [0.2, 0.25) is 0 Å². The molecule has 0 rings (SSSR count). The summed E-state index contributed by atoms with van der Waals surface area (Å²) in [6, 6.07) is 0. The first-order valence-electron chi connectivity index (χ1n) is 5.43. The summed E-state index contributed by atoms with van der Waals surface area (Å²) in [6.45, 7) is 3.02. The van der Waals surface area contributed by atoms with E-state index in [1.54, 1.807) is 0 Å². The van der Waals surface area contributed by atoms with E-state index in [0.717, 1.165) is 0 Å². The maximum atomic E-state index is 13.0. The van der Waals surface area contributed by atoms with Gasteiger partial charge in [0.15, 0.2) is 5.41 Å². The Morgan fingerprint density at radius 1 is 0.947 bits per heavy atom. The molecule has 0 spiro atoms. The monoisotopic (exact) mass is 294 g/mol. The van der Waals surface area contributed by atoms with Crippen LogP contribution in [0.3, 0.4) is 0 Å². The van der Waals surface area contributed by atoms with Crippen molar-refractivity contribution in [2.45, 2.75) is 46.5 Å². The molecule has 0 aromatic carbocycles. The van der Waals surface area contributed by atoms with Crippen LogP contribution in [0.25, 0.3) is 0 Å². The van der Waals surface area contributed by atoms with Crippen LogP contribution in [0.4, 0.5) is 26.3 Å². The molecule has 1 atom stereocenters. The molecule has 0 saturated heterocycles. The first kappa shape index (κ1) is 18.0. The van der Waals surface area contributed by atoms with Crippen molar-refractivity contribution in [1.82, 2.24) is 0 Å². The predicted molar refractivity (Wildman–Crippen MR) is 55.2 cm³/mol. The predicted octanol–water partition coefficient (Wildman–Crippen LogP) is 4.10. The van der Waals surface area contributed by atoms with Crippen molar-refractivity contribution >= 4 is 5.97 Å². The Labute approximate surface area is 107 Å². The lowest BCUT2D eigenvalue weighted by molar-refractivity contribution is -0.256. The molecule has 1 unspecified atom stereocenters. The van der Waals surface area contributed by atoms with E-state index in [0.29, 0.717) is 6.92 Å².